The van der Waals surface area contributed by atoms with Crippen LogP contribution in [0.3, 0.4) is 0 Å². The number of rotatable bonds is 5. The second-order valence-corrected chi connectivity index (χ2v) is 8.42. The zero-order chi connectivity index (χ0) is 18.4. The molecule has 0 radical (unpaired) electrons. The predicted molar refractivity (Wildman–Crippen MR) is 119 cm³/mol. The van der Waals surface area contributed by atoms with Gasteiger partial charge in [0.15, 0.2) is 15.8 Å². The third-order valence-corrected chi connectivity index (χ3v) is 5.95. The summed E-state index contributed by atoms with van der Waals surface area (Å²) >= 11 is 0. The molecule has 0 aliphatic carbocycles. The van der Waals surface area contributed by atoms with Crippen LogP contribution in [0.2, 0.25) is 0 Å². The molecule has 2 aromatic rings. The number of sulfone groups is 1. The summed E-state index contributed by atoms with van der Waals surface area (Å²) in [5, 5.41) is 6.41. The largest absolute Gasteiger partial charge is 0.457 e. The van der Waals surface area contributed by atoms with E-state index >= 15 is 0 Å². The molecular formula is C19H24IN3O3S. The molecule has 1 heterocycles. The highest BCUT2D eigenvalue weighted by Crippen LogP contribution is 2.24. The zero-order valence-corrected chi connectivity index (χ0v) is 18.2. The minimum Gasteiger partial charge on any atom is -0.457 e. The molecule has 3 rings (SSSR count). The lowest BCUT2D eigenvalue weighted by molar-refractivity contribution is 0.475. The van der Waals surface area contributed by atoms with E-state index in [0.717, 1.165) is 17.1 Å². The Bertz CT molecular complexity index is 873. The van der Waals surface area contributed by atoms with Crippen LogP contribution in [0.15, 0.2) is 59.6 Å². The van der Waals surface area contributed by atoms with E-state index in [0.29, 0.717) is 18.9 Å². The molecule has 27 heavy (non-hydrogen) atoms. The van der Waals surface area contributed by atoms with Gasteiger partial charge >= 0.3 is 0 Å². The Morgan fingerprint density at radius 2 is 1.85 bits per heavy atom. The van der Waals surface area contributed by atoms with Crippen molar-refractivity contribution in [2.75, 3.05) is 18.6 Å². The minimum absolute atomic E-state index is 0. The van der Waals surface area contributed by atoms with E-state index < -0.39 is 9.84 Å². The highest BCUT2D eigenvalue weighted by molar-refractivity contribution is 14.0. The lowest BCUT2D eigenvalue weighted by atomic mass is 10.2. The number of halogens is 1. The molecule has 0 saturated carbocycles. The lowest BCUT2D eigenvalue weighted by Gasteiger charge is -2.17. The second-order valence-electron chi connectivity index (χ2n) is 6.19. The first kappa shape index (κ1) is 21.5. The summed E-state index contributed by atoms with van der Waals surface area (Å²) in [5.74, 6) is 2.52. The van der Waals surface area contributed by atoms with E-state index in [2.05, 4.69) is 15.6 Å². The topological polar surface area (TPSA) is 79.8 Å². The van der Waals surface area contributed by atoms with Gasteiger partial charge in [-0.05, 0) is 24.6 Å². The van der Waals surface area contributed by atoms with Crippen molar-refractivity contribution < 1.29 is 13.2 Å². The third kappa shape index (κ3) is 6.39. The molecule has 1 aliphatic rings. The Morgan fingerprint density at radius 1 is 1.15 bits per heavy atom. The summed E-state index contributed by atoms with van der Waals surface area (Å²) in [7, 11) is -1.25. The van der Waals surface area contributed by atoms with Crippen LogP contribution >= 0.6 is 24.0 Å². The molecule has 8 heteroatoms. The fraction of sp³-hybridized carbons (Fsp3) is 0.316. The summed E-state index contributed by atoms with van der Waals surface area (Å²) in [6.45, 7) is 0.516. The van der Waals surface area contributed by atoms with E-state index in [1.54, 1.807) is 7.05 Å². The predicted octanol–water partition coefficient (Wildman–Crippen LogP) is 2.95. The van der Waals surface area contributed by atoms with Crippen molar-refractivity contribution in [1.82, 2.24) is 10.6 Å². The van der Waals surface area contributed by atoms with Gasteiger partial charge in [0.05, 0.1) is 11.5 Å². The molecule has 2 N–H and O–H groups in total. The lowest BCUT2D eigenvalue weighted by Crippen LogP contribution is -2.43. The summed E-state index contributed by atoms with van der Waals surface area (Å²) in [5.41, 5.74) is 0.985. The van der Waals surface area contributed by atoms with E-state index in [1.807, 2.05) is 54.6 Å². The van der Waals surface area contributed by atoms with Crippen molar-refractivity contribution in [2.24, 2.45) is 4.99 Å². The van der Waals surface area contributed by atoms with Gasteiger partial charge in [-0.3, -0.25) is 4.99 Å². The fourth-order valence-electron chi connectivity index (χ4n) is 2.84. The van der Waals surface area contributed by atoms with Gasteiger partial charge in [-0.15, -0.1) is 24.0 Å². The third-order valence-electron chi connectivity index (χ3n) is 4.19. The van der Waals surface area contributed by atoms with Gasteiger partial charge in [0, 0.05) is 25.2 Å². The molecule has 1 unspecified atom stereocenters. The molecule has 1 aliphatic heterocycles. The van der Waals surface area contributed by atoms with Crippen LogP contribution in [0.4, 0.5) is 0 Å². The van der Waals surface area contributed by atoms with Gasteiger partial charge in [0.2, 0.25) is 0 Å². The van der Waals surface area contributed by atoms with E-state index in [9.17, 15) is 8.42 Å². The van der Waals surface area contributed by atoms with Crippen molar-refractivity contribution in [2.45, 2.75) is 19.0 Å². The number of benzene rings is 2. The Morgan fingerprint density at radius 3 is 2.52 bits per heavy atom. The molecule has 1 saturated heterocycles. The van der Waals surface area contributed by atoms with Crippen molar-refractivity contribution in [3.63, 3.8) is 0 Å². The maximum absolute atomic E-state index is 11.6. The van der Waals surface area contributed by atoms with Crippen LogP contribution in [0.25, 0.3) is 0 Å². The molecular weight excluding hydrogens is 477 g/mol. The Balaban J connectivity index is 0.00000261. The number of guanidine groups is 1. The van der Waals surface area contributed by atoms with Gasteiger partial charge < -0.3 is 15.4 Å². The van der Waals surface area contributed by atoms with Crippen LogP contribution in [-0.2, 0) is 16.4 Å². The molecule has 1 atom stereocenters. The number of para-hydroxylation sites is 2. The van der Waals surface area contributed by atoms with E-state index in [1.165, 1.54) is 0 Å². The van der Waals surface area contributed by atoms with Crippen molar-refractivity contribution in [1.29, 1.82) is 0 Å². The molecule has 1 fully saturated rings. The van der Waals surface area contributed by atoms with Crippen LogP contribution in [0.5, 0.6) is 11.5 Å². The zero-order valence-electron chi connectivity index (χ0n) is 15.1. The maximum atomic E-state index is 11.6. The molecule has 0 bridgehead atoms. The van der Waals surface area contributed by atoms with Crippen LogP contribution < -0.4 is 15.4 Å². The monoisotopic (exact) mass is 501 g/mol. The van der Waals surface area contributed by atoms with E-state index in [-0.39, 0.29) is 41.5 Å². The maximum Gasteiger partial charge on any atom is 0.191 e. The summed E-state index contributed by atoms with van der Waals surface area (Å²) < 4.78 is 29.1. The normalized spacial score (nSPS) is 18.4. The minimum atomic E-state index is -2.92. The first-order valence-electron chi connectivity index (χ1n) is 8.54. The standard InChI is InChI=1S/C19H23N3O3S.HI/c1-20-19(22-16-11-12-26(23,24)14-16)21-13-15-7-5-6-10-18(15)25-17-8-3-2-4-9-17;/h2-10,16H,11-14H2,1H3,(H2,20,21,22);1H. The first-order chi connectivity index (χ1) is 12.6. The summed E-state index contributed by atoms with van der Waals surface area (Å²) in [6, 6.07) is 17.3. The highest BCUT2D eigenvalue weighted by atomic mass is 127. The van der Waals surface area contributed by atoms with E-state index in [4.69, 9.17) is 4.74 Å². The number of aliphatic imine (C=N–C) groups is 1. The Labute approximate surface area is 177 Å². The number of hydrogen-bond acceptors (Lipinski definition) is 4. The van der Waals surface area contributed by atoms with Gasteiger partial charge in [-0.1, -0.05) is 36.4 Å². The quantitative estimate of drug-likeness (QED) is 0.374. The fourth-order valence-corrected chi connectivity index (χ4v) is 4.51. The number of hydrogen-bond donors (Lipinski definition) is 2. The van der Waals surface area contributed by atoms with Gasteiger partial charge in [-0.2, -0.15) is 0 Å². The van der Waals surface area contributed by atoms with Gasteiger partial charge in [-0.25, -0.2) is 8.42 Å². The van der Waals surface area contributed by atoms with Crippen LogP contribution in [0, 0.1) is 0 Å². The van der Waals surface area contributed by atoms with Gasteiger partial charge in [0.25, 0.3) is 0 Å². The smallest absolute Gasteiger partial charge is 0.191 e. The number of ether oxygens (including phenoxy) is 1. The van der Waals surface area contributed by atoms with Gasteiger partial charge in [0.1, 0.15) is 11.5 Å². The average molecular weight is 501 g/mol. The SMILES string of the molecule is CN=C(NCc1ccccc1Oc1ccccc1)NC1CCS(=O)(=O)C1.I. The van der Waals surface area contributed by atoms with Crippen molar-refractivity contribution in [3.05, 3.63) is 60.2 Å². The summed E-state index contributed by atoms with van der Waals surface area (Å²) in [4.78, 5) is 4.19. The molecule has 6 nitrogen and oxygen atoms in total. The molecule has 0 amide bonds. The van der Waals surface area contributed by atoms with Crippen LogP contribution in [-0.4, -0.2) is 39.0 Å². The summed E-state index contributed by atoms with van der Waals surface area (Å²) in [6.07, 6.45) is 0.608. The van der Waals surface area contributed by atoms with Crippen molar-refractivity contribution in [3.8, 4) is 11.5 Å². The molecule has 0 aromatic heterocycles. The first-order valence-corrected chi connectivity index (χ1v) is 10.4. The average Bonchev–Trinajstić information content (AvgIpc) is 2.99. The number of nitrogens with zero attached hydrogens (tertiary/aromatic N) is 1. The molecule has 2 aromatic carbocycles. The number of nitrogens with one attached hydrogen (secondary N) is 2. The molecule has 0 spiro atoms. The Kier molecular flexibility index (Phi) is 7.91. The van der Waals surface area contributed by atoms with Crippen LogP contribution in [0.1, 0.15) is 12.0 Å². The van der Waals surface area contributed by atoms with Crippen molar-refractivity contribution >= 4 is 39.8 Å². The highest BCUT2D eigenvalue weighted by Gasteiger charge is 2.28. The molecule has 146 valence electrons. The Hall–Kier alpha value is -1.81. The second kappa shape index (κ2) is 9.93.